The molecule has 3 aromatic rings. The highest BCUT2D eigenvalue weighted by atomic mass is 32.2. The molecular formula is C20H19N3O4S. The van der Waals surface area contributed by atoms with Crippen LogP contribution in [0.2, 0.25) is 0 Å². The molecule has 0 saturated heterocycles. The fourth-order valence-corrected chi connectivity index (χ4v) is 3.90. The van der Waals surface area contributed by atoms with Gasteiger partial charge in [0.2, 0.25) is 0 Å². The lowest BCUT2D eigenvalue weighted by molar-refractivity contribution is 0.100. The van der Waals surface area contributed by atoms with Crippen LogP contribution in [0, 0.1) is 13.8 Å². The van der Waals surface area contributed by atoms with Crippen LogP contribution in [0.4, 0.5) is 0 Å². The lowest BCUT2D eigenvalue weighted by Gasteiger charge is -2.08. The van der Waals surface area contributed by atoms with E-state index in [0.29, 0.717) is 16.8 Å². The monoisotopic (exact) mass is 397 g/mol. The van der Waals surface area contributed by atoms with Crippen molar-refractivity contribution in [3.05, 3.63) is 83.2 Å². The van der Waals surface area contributed by atoms with Crippen molar-refractivity contribution < 1.29 is 17.7 Å². The van der Waals surface area contributed by atoms with E-state index in [1.165, 1.54) is 13.8 Å². The lowest BCUT2D eigenvalue weighted by atomic mass is 10.0. The van der Waals surface area contributed by atoms with Gasteiger partial charge in [-0.15, -0.1) is 0 Å². The number of rotatable bonds is 7. The second-order valence-electron chi connectivity index (χ2n) is 6.14. The summed E-state index contributed by atoms with van der Waals surface area (Å²) in [6.45, 7) is 3.04. The summed E-state index contributed by atoms with van der Waals surface area (Å²) in [5.74, 6) is 0.00145. The molecule has 0 aliphatic carbocycles. The number of sulfonamides is 1. The summed E-state index contributed by atoms with van der Waals surface area (Å²) in [5, 5.41) is 7.72. The van der Waals surface area contributed by atoms with E-state index in [1.54, 1.807) is 48.5 Å². The van der Waals surface area contributed by atoms with Crippen LogP contribution in [0.3, 0.4) is 0 Å². The summed E-state index contributed by atoms with van der Waals surface area (Å²) in [4.78, 5) is 14.8. The zero-order valence-corrected chi connectivity index (χ0v) is 16.2. The Balaban J connectivity index is 1.92. The van der Waals surface area contributed by atoms with Crippen LogP contribution < -0.4 is 4.83 Å². The van der Waals surface area contributed by atoms with Crippen LogP contribution in [0.15, 0.2) is 75.2 Å². The highest BCUT2D eigenvalue weighted by Crippen LogP contribution is 2.19. The summed E-state index contributed by atoms with van der Waals surface area (Å²) in [6.07, 6.45) is -0.0574. The molecule has 0 saturated carbocycles. The third-order valence-electron chi connectivity index (χ3n) is 4.07. The Labute approximate surface area is 163 Å². The first-order valence-corrected chi connectivity index (χ1v) is 10.0. The van der Waals surface area contributed by atoms with E-state index in [1.807, 2.05) is 12.1 Å². The topological polar surface area (TPSA) is 102 Å². The van der Waals surface area contributed by atoms with Crippen LogP contribution in [-0.2, 0) is 10.0 Å². The number of hydrogen-bond acceptors (Lipinski definition) is 6. The Kier molecular flexibility index (Phi) is 5.70. The molecule has 0 atom stereocenters. The van der Waals surface area contributed by atoms with Crippen molar-refractivity contribution in [2.45, 2.75) is 25.2 Å². The predicted molar refractivity (Wildman–Crippen MR) is 105 cm³/mol. The number of aromatic nitrogens is 1. The van der Waals surface area contributed by atoms with Crippen molar-refractivity contribution in [1.82, 2.24) is 9.99 Å². The second kappa shape index (κ2) is 8.18. The van der Waals surface area contributed by atoms with Gasteiger partial charge in [-0.1, -0.05) is 65.8 Å². The van der Waals surface area contributed by atoms with Gasteiger partial charge < -0.3 is 4.52 Å². The van der Waals surface area contributed by atoms with Crippen molar-refractivity contribution in [2.75, 3.05) is 0 Å². The summed E-state index contributed by atoms with van der Waals surface area (Å²) in [6, 6.07) is 17.7. The van der Waals surface area contributed by atoms with E-state index in [-0.39, 0.29) is 28.6 Å². The highest BCUT2D eigenvalue weighted by Gasteiger charge is 2.24. The Hall–Kier alpha value is -3.26. The molecule has 0 bridgehead atoms. The Bertz CT molecular complexity index is 1090. The van der Waals surface area contributed by atoms with Gasteiger partial charge >= 0.3 is 0 Å². The number of ketones is 1. The number of benzene rings is 2. The molecule has 0 unspecified atom stereocenters. The maximum absolute atomic E-state index is 12.6. The average Bonchev–Trinajstić information content (AvgIpc) is 3.05. The van der Waals surface area contributed by atoms with Crippen LogP contribution in [0.25, 0.3) is 0 Å². The van der Waals surface area contributed by atoms with Crippen molar-refractivity contribution in [3.8, 4) is 0 Å². The molecule has 0 radical (unpaired) electrons. The first-order chi connectivity index (χ1) is 13.4. The van der Waals surface area contributed by atoms with E-state index < -0.39 is 10.0 Å². The summed E-state index contributed by atoms with van der Waals surface area (Å²) < 4.78 is 30.2. The third-order valence-corrected chi connectivity index (χ3v) is 5.52. The normalized spacial score (nSPS) is 12.0. The van der Waals surface area contributed by atoms with Crippen molar-refractivity contribution in [2.24, 2.45) is 5.10 Å². The van der Waals surface area contributed by atoms with Crippen molar-refractivity contribution in [3.63, 3.8) is 0 Å². The molecule has 0 aliphatic rings. The SMILES string of the molecule is Cc1noc(C)c1S(=O)(=O)N/N=C(/CC(=O)c1ccccc1)c1ccccc1. The van der Waals surface area contributed by atoms with Gasteiger partial charge in [0.15, 0.2) is 16.4 Å². The van der Waals surface area contributed by atoms with Gasteiger partial charge in [-0.3, -0.25) is 4.79 Å². The largest absolute Gasteiger partial charge is 0.360 e. The van der Waals surface area contributed by atoms with E-state index in [2.05, 4.69) is 15.1 Å². The van der Waals surface area contributed by atoms with Gasteiger partial charge in [0.05, 0.1) is 12.1 Å². The molecule has 2 aromatic carbocycles. The lowest BCUT2D eigenvalue weighted by Crippen LogP contribution is -2.22. The molecule has 1 N–H and O–H groups in total. The molecule has 28 heavy (non-hydrogen) atoms. The van der Waals surface area contributed by atoms with Gasteiger partial charge in [0.1, 0.15) is 5.69 Å². The average molecular weight is 397 g/mol. The van der Waals surface area contributed by atoms with E-state index in [9.17, 15) is 13.2 Å². The zero-order chi connectivity index (χ0) is 20.1. The number of nitrogens with one attached hydrogen (secondary N) is 1. The van der Waals surface area contributed by atoms with Gasteiger partial charge in [0.25, 0.3) is 10.0 Å². The van der Waals surface area contributed by atoms with E-state index >= 15 is 0 Å². The van der Waals surface area contributed by atoms with Gasteiger partial charge in [-0.2, -0.15) is 18.4 Å². The van der Waals surface area contributed by atoms with Gasteiger partial charge in [-0.25, -0.2) is 0 Å². The minimum absolute atomic E-state index is 0.0574. The molecule has 0 aliphatic heterocycles. The smallest absolute Gasteiger partial charge is 0.282 e. The number of nitrogens with zero attached hydrogens (tertiary/aromatic N) is 2. The van der Waals surface area contributed by atoms with E-state index in [0.717, 1.165) is 0 Å². The van der Waals surface area contributed by atoms with Crippen LogP contribution in [0.1, 0.15) is 33.8 Å². The fourth-order valence-electron chi connectivity index (χ4n) is 2.73. The molecule has 144 valence electrons. The number of carbonyl (C=O) groups excluding carboxylic acids is 1. The van der Waals surface area contributed by atoms with Crippen LogP contribution in [0.5, 0.6) is 0 Å². The predicted octanol–water partition coefficient (Wildman–Crippen LogP) is 3.25. The molecule has 1 heterocycles. The fraction of sp³-hybridized carbons (Fsp3) is 0.150. The highest BCUT2D eigenvalue weighted by molar-refractivity contribution is 7.89. The van der Waals surface area contributed by atoms with Crippen molar-refractivity contribution in [1.29, 1.82) is 0 Å². The third kappa shape index (κ3) is 4.34. The molecule has 1 aromatic heterocycles. The summed E-state index contributed by atoms with van der Waals surface area (Å²) in [5.41, 5.74) is 1.72. The Morgan fingerprint density at radius 3 is 2.11 bits per heavy atom. The molecule has 7 nitrogen and oxygen atoms in total. The maximum Gasteiger partial charge on any atom is 0.282 e. The second-order valence-corrected chi connectivity index (χ2v) is 7.74. The zero-order valence-electron chi connectivity index (χ0n) is 15.4. The summed E-state index contributed by atoms with van der Waals surface area (Å²) >= 11 is 0. The van der Waals surface area contributed by atoms with Gasteiger partial charge in [-0.05, 0) is 19.4 Å². The Morgan fingerprint density at radius 2 is 1.57 bits per heavy atom. The number of carbonyl (C=O) groups is 1. The molecule has 0 spiro atoms. The standard InChI is InChI=1S/C20H19N3O4S/c1-14-20(15(2)27-22-14)28(25,26)23-21-18(16-9-5-3-6-10-16)13-19(24)17-11-7-4-8-12-17/h3-12,23H,13H2,1-2H3/b21-18-. The Morgan fingerprint density at radius 1 is 1.00 bits per heavy atom. The maximum atomic E-state index is 12.6. The minimum Gasteiger partial charge on any atom is -0.360 e. The van der Waals surface area contributed by atoms with E-state index in [4.69, 9.17) is 4.52 Å². The first kappa shape index (κ1) is 19.5. The molecule has 0 amide bonds. The number of Topliss-reactive ketones (excluding diaryl/α,β-unsaturated/α-hetero) is 1. The first-order valence-electron chi connectivity index (χ1n) is 8.53. The molecule has 3 rings (SSSR count). The van der Waals surface area contributed by atoms with Crippen molar-refractivity contribution >= 4 is 21.5 Å². The van der Waals surface area contributed by atoms with Gasteiger partial charge in [0, 0.05) is 5.56 Å². The molecule has 8 heteroatoms. The number of aryl methyl sites for hydroxylation is 2. The van der Waals surface area contributed by atoms with Crippen LogP contribution in [-0.4, -0.2) is 25.1 Å². The summed E-state index contributed by atoms with van der Waals surface area (Å²) in [7, 11) is -3.99. The molecule has 0 fully saturated rings. The minimum atomic E-state index is -3.99. The molecular weight excluding hydrogens is 378 g/mol. The number of hydrogen-bond donors (Lipinski definition) is 1. The number of hydrazone groups is 1. The quantitative estimate of drug-likeness (QED) is 0.375. The van der Waals surface area contributed by atoms with Crippen LogP contribution >= 0.6 is 0 Å².